The lowest BCUT2D eigenvalue weighted by atomic mass is 9.52. The number of amides is 1. The number of carbonyl (C=O) groups is 5. The number of nitrogens with two attached hydrogens (primary N) is 1. The van der Waals surface area contributed by atoms with Crippen molar-refractivity contribution in [3.63, 3.8) is 0 Å². The molecular formula is C19H16BrNO8. The van der Waals surface area contributed by atoms with Crippen LogP contribution in [-0.4, -0.2) is 56.1 Å². The molecule has 1 aromatic carbocycles. The highest BCUT2D eigenvalue weighted by Crippen LogP contribution is 2.50. The highest BCUT2D eigenvalue weighted by molar-refractivity contribution is 9.10. The first kappa shape index (κ1) is 19.9. The van der Waals surface area contributed by atoms with Crippen LogP contribution in [0.4, 0.5) is 0 Å². The second kappa shape index (κ2) is 6.28. The number of primary amides is 1. The zero-order valence-electron chi connectivity index (χ0n) is 14.8. The molecule has 0 spiro atoms. The first-order valence-electron chi connectivity index (χ1n) is 8.87. The Morgan fingerprint density at radius 3 is 2.41 bits per heavy atom. The van der Waals surface area contributed by atoms with E-state index in [2.05, 4.69) is 15.9 Å². The van der Waals surface area contributed by atoms with Gasteiger partial charge in [0, 0.05) is 18.3 Å². The summed E-state index contributed by atoms with van der Waals surface area (Å²) >= 11 is 3.09. The van der Waals surface area contributed by atoms with E-state index in [1.807, 2.05) is 0 Å². The number of rotatable bonds is 1. The number of phenolic OH excluding ortho intramolecular Hbond substituents is 1. The quantitative estimate of drug-likeness (QED) is 0.384. The minimum Gasteiger partial charge on any atom is -0.506 e. The van der Waals surface area contributed by atoms with Gasteiger partial charge in [0.25, 0.3) is 0 Å². The first-order valence-corrected chi connectivity index (χ1v) is 9.66. The number of fused-ring (bicyclic) bond motifs is 3. The minimum absolute atomic E-state index is 0.0215. The van der Waals surface area contributed by atoms with Gasteiger partial charge in [-0.15, -0.1) is 0 Å². The van der Waals surface area contributed by atoms with Crippen molar-refractivity contribution in [3.05, 3.63) is 27.7 Å². The Kier molecular flexibility index (Phi) is 4.30. The molecule has 5 N–H and O–H groups in total. The molecular weight excluding hydrogens is 450 g/mol. The molecule has 152 valence electrons. The number of ketones is 4. The number of halogens is 1. The van der Waals surface area contributed by atoms with E-state index < -0.39 is 70.8 Å². The Labute approximate surface area is 172 Å². The third kappa shape index (κ3) is 2.42. The van der Waals surface area contributed by atoms with Crippen LogP contribution < -0.4 is 5.73 Å². The van der Waals surface area contributed by atoms with Gasteiger partial charge in [-0.05, 0) is 34.0 Å². The molecule has 2 fully saturated rings. The average molecular weight is 466 g/mol. The smallest absolute Gasteiger partial charge is 0.235 e. The molecule has 3 aliphatic carbocycles. The van der Waals surface area contributed by atoms with Gasteiger partial charge in [-0.25, -0.2) is 0 Å². The van der Waals surface area contributed by atoms with Crippen LogP contribution in [0.25, 0.3) is 0 Å². The molecule has 4 rings (SSSR count). The standard InChI is InChI=1S/C19H16BrNO8/c20-8-2-1-5-3-6-11(15(25)10(5)14(8)24)16(26)19(29)7(13(6)23)4-9(22)12(17(19)27)18(21)28/h1-2,6-7,11-13,23-24,29H,3-4H2,(H2,21,28)/t6-,7-,11?,12?,13+,19+/m1/s1. The van der Waals surface area contributed by atoms with E-state index in [9.17, 15) is 39.3 Å². The molecule has 29 heavy (non-hydrogen) atoms. The maximum Gasteiger partial charge on any atom is 0.235 e. The van der Waals surface area contributed by atoms with Gasteiger partial charge in [0.15, 0.2) is 34.7 Å². The Hall–Kier alpha value is -2.43. The van der Waals surface area contributed by atoms with Crippen LogP contribution in [0.3, 0.4) is 0 Å². The number of aliphatic hydroxyl groups excluding tert-OH is 1. The lowest BCUT2D eigenvalue weighted by Crippen LogP contribution is -2.72. The van der Waals surface area contributed by atoms with E-state index in [1.54, 1.807) is 6.07 Å². The van der Waals surface area contributed by atoms with Crippen LogP contribution in [0.1, 0.15) is 22.3 Å². The molecule has 3 aliphatic rings. The fourth-order valence-electron chi connectivity index (χ4n) is 4.93. The summed E-state index contributed by atoms with van der Waals surface area (Å²) in [6.45, 7) is 0. The summed E-state index contributed by atoms with van der Waals surface area (Å²) in [6, 6.07) is 3.08. The van der Waals surface area contributed by atoms with Gasteiger partial charge < -0.3 is 21.1 Å². The molecule has 1 aromatic rings. The molecule has 10 heteroatoms. The highest BCUT2D eigenvalue weighted by Gasteiger charge is 2.69. The fourth-order valence-corrected chi connectivity index (χ4v) is 5.26. The van der Waals surface area contributed by atoms with Crippen molar-refractivity contribution in [2.75, 3.05) is 0 Å². The van der Waals surface area contributed by atoms with Crippen molar-refractivity contribution in [3.8, 4) is 5.75 Å². The lowest BCUT2D eigenvalue weighted by molar-refractivity contribution is -0.188. The number of aliphatic hydroxyl groups is 2. The zero-order chi connectivity index (χ0) is 21.4. The van der Waals surface area contributed by atoms with Crippen molar-refractivity contribution in [2.24, 2.45) is 29.4 Å². The van der Waals surface area contributed by atoms with Crippen LogP contribution in [0, 0.1) is 23.7 Å². The van der Waals surface area contributed by atoms with Gasteiger partial charge >= 0.3 is 0 Å². The summed E-state index contributed by atoms with van der Waals surface area (Å²) < 4.78 is 0.219. The number of Topliss-reactive ketones (excluding diaryl/α,β-unsaturated/α-hetero) is 4. The maximum atomic E-state index is 13.2. The molecule has 0 heterocycles. The van der Waals surface area contributed by atoms with Gasteiger partial charge in [0.1, 0.15) is 5.75 Å². The molecule has 0 aromatic heterocycles. The number of carbonyl (C=O) groups excluding carboxylic acids is 5. The molecule has 6 atom stereocenters. The number of aromatic hydroxyl groups is 1. The average Bonchev–Trinajstić information content (AvgIpc) is 2.65. The number of phenols is 1. The fraction of sp³-hybridized carbons (Fsp3) is 0.421. The van der Waals surface area contributed by atoms with E-state index in [0.717, 1.165) is 0 Å². The van der Waals surface area contributed by atoms with Crippen LogP contribution in [0.5, 0.6) is 5.75 Å². The maximum absolute atomic E-state index is 13.2. The Morgan fingerprint density at radius 1 is 1.14 bits per heavy atom. The van der Waals surface area contributed by atoms with Crippen molar-refractivity contribution in [1.82, 2.24) is 0 Å². The third-order valence-electron chi connectivity index (χ3n) is 6.34. The molecule has 0 bridgehead atoms. The SMILES string of the molecule is NC(=O)C1C(=O)C[C@@H]2[C@@H](O)[C@@H]3Cc4ccc(Br)c(O)c4C(=O)C3C(=O)[C@]2(O)C1=O. The topological polar surface area (TPSA) is 172 Å². The lowest BCUT2D eigenvalue weighted by Gasteiger charge is -2.51. The van der Waals surface area contributed by atoms with Crippen molar-refractivity contribution < 1.29 is 39.3 Å². The summed E-state index contributed by atoms with van der Waals surface area (Å²) in [5, 5.41) is 32.2. The summed E-state index contributed by atoms with van der Waals surface area (Å²) in [4.78, 5) is 62.9. The van der Waals surface area contributed by atoms with Crippen LogP contribution in [0.2, 0.25) is 0 Å². The predicted molar refractivity (Wildman–Crippen MR) is 97.6 cm³/mol. The van der Waals surface area contributed by atoms with Crippen LogP contribution in [-0.2, 0) is 25.6 Å². The Balaban J connectivity index is 1.86. The van der Waals surface area contributed by atoms with Gasteiger partial charge in [-0.2, -0.15) is 0 Å². The summed E-state index contributed by atoms with van der Waals surface area (Å²) in [5.74, 6) is -12.1. The summed E-state index contributed by atoms with van der Waals surface area (Å²) in [5.41, 5.74) is 2.48. The molecule has 0 radical (unpaired) electrons. The van der Waals surface area contributed by atoms with Gasteiger partial charge in [-0.3, -0.25) is 24.0 Å². The molecule has 0 aliphatic heterocycles. The normalized spacial score (nSPS) is 36.3. The summed E-state index contributed by atoms with van der Waals surface area (Å²) in [7, 11) is 0. The third-order valence-corrected chi connectivity index (χ3v) is 6.98. The van der Waals surface area contributed by atoms with E-state index >= 15 is 0 Å². The second-order valence-corrected chi connectivity index (χ2v) is 8.59. The Bertz CT molecular complexity index is 1020. The summed E-state index contributed by atoms with van der Waals surface area (Å²) in [6.07, 6.45) is -2.11. The molecule has 0 saturated heterocycles. The van der Waals surface area contributed by atoms with E-state index in [0.29, 0.717) is 5.56 Å². The molecule has 2 saturated carbocycles. The van der Waals surface area contributed by atoms with Crippen molar-refractivity contribution in [1.29, 1.82) is 0 Å². The van der Waals surface area contributed by atoms with E-state index in [4.69, 9.17) is 5.73 Å². The van der Waals surface area contributed by atoms with Crippen LogP contribution >= 0.6 is 15.9 Å². The van der Waals surface area contributed by atoms with E-state index in [-0.39, 0.29) is 22.2 Å². The first-order chi connectivity index (χ1) is 13.5. The zero-order valence-corrected chi connectivity index (χ0v) is 16.4. The van der Waals surface area contributed by atoms with Gasteiger partial charge in [0.05, 0.1) is 22.1 Å². The van der Waals surface area contributed by atoms with Crippen LogP contribution in [0.15, 0.2) is 16.6 Å². The van der Waals surface area contributed by atoms with E-state index in [1.165, 1.54) is 6.07 Å². The molecule has 9 nitrogen and oxygen atoms in total. The number of hydrogen-bond donors (Lipinski definition) is 4. The van der Waals surface area contributed by atoms with Gasteiger partial charge in [0.2, 0.25) is 5.91 Å². The van der Waals surface area contributed by atoms with Gasteiger partial charge in [-0.1, -0.05) is 6.07 Å². The molecule has 1 amide bonds. The predicted octanol–water partition coefficient (Wildman–Crippen LogP) is -0.940. The van der Waals surface area contributed by atoms with Crippen molar-refractivity contribution >= 4 is 45.0 Å². The monoisotopic (exact) mass is 465 g/mol. The minimum atomic E-state index is -2.89. The largest absolute Gasteiger partial charge is 0.506 e. The number of benzene rings is 1. The van der Waals surface area contributed by atoms with Crippen molar-refractivity contribution in [2.45, 2.75) is 24.5 Å². The second-order valence-electron chi connectivity index (χ2n) is 7.74. The molecule has 2 unspecified atom stereocenters. The highest BCUT2D eigenvalue weighted by atomic mass is 79.9. The Morgan fingerprint density at radius 2 is 1.79 bits per heavy atom. The number of hydrogen-bond acceptors (Lipinski definition) is 8.